The highest BCUT2D eigenvalue weighted by Gasteiger charge is 2.25. The van der Waals surface area contributed by atoms with E-state index < -0.39 is 0 Å². The highest BCUT2D eigenvalue weighted by molar-refractivity contribution is 5.51. The van der Waals surface area contributed by atoms with E-state index in [1.54, 1.807) is 0 Å². The average Bonchev–Trinajstić information content (AvgIpc) is 2.68. The number of anilines is 1. The van der Waals surface area contributed by atoms with Gasteiger partial charge in [0.2, 0.25) is 0 Å². The third-order valence-corrected chi connectivity index (χ3v) is 5.14. The van der Waals surface area contributed by atoms with Crippen LogP contribution in [-0.4, -0.2) is 6.73 Å². The minimum atomic E-state index is -0.0364. The van der Waals surface area contributed by atoms with Crippen LogP contribution in [0.5, 0.6) is 5.75 Å². The number of para-hydroxylation sites is 1. The van der Waals surface area contributed by atoms with Gasteiger partial charge in [0.15, 0.2) is 6.73 Å². The van der Waals surface area contributed by atoms with Gasteiger partial charge in [0.05, 0.1) is 0 Å². The lowest BCUT2D eigenvalue weighted by molar-refractivity contribution is 0.289. The summed E-state index contributed by atoms with van der Waals surface area (Å²) >= 11 is 0. The topological polar surface area (TPSA) is 12.5 Å². The number of fused-ring (bicyclic) bond motifs is 1. The van der Waals surface area contributed by atoms with Gasteiger partial charge in [-0.2, -0.15) is 0 Å². The summed E-state index contributed by atoms with van der Waals surface area (Å²) in [6, 6.07) is 27.8. The summed E-state index contributed by atoms with van der Waals surface area (Å²) in [6.45, 7) is 6.03. The summed E-state index contributed by atoms with van der Waals surface area (Å²) in [6.07, 6.45) is 0. The molecule has 0 saturated carbocycles. The zero-order valence-corrected chi connectivity index (χ0v) is 14.8. The first-order valence-corrected chi connectivity index (χ1v) is 8.76. The van der Waals surface area contributed by atoms with E-state index in [2.05, 4.69) is 91.5 Å². The molecule has 1 heterocycles. The SMILES string of the molecule is CC(C)(c1ccccc1)c1ccc2c(c1)CN(c1ccccc1)CO2. The van der Waals surface area contributed by atoms with E-state index in [1.807, 2.05) is 6.07 Å². The maximum atomic E-state index is 5.99. The molecule has 3 aromatic rings. The van der Waals surface area contributed by atoms with Crippen molar-refractivity contribution in [1.82, 2.24) is 0 Å². The Labute approximate surface area is 149 Å². The summed E-state index contributed by atoms with van der Waals surface area (Å²) in [4.78, 5) is 2.27. The molecule has 3 aromatic carbocycles. The van der Waals surface area contributed by atoms with Crippen LogP contribution < -0.4 is 9.64 Å². The molecule has 0 aliphatic carbocycles. The van der Waals surface area contributed by atoms with Gasteiger partial charge in [-0.05, 0) is 35.4 Å². The number of rotatable bonds is 3. The second-order valence-electron chi connectivity index (χ2n) is 7.12. The predicted octanol–water partition coefficient (Wildman–Crippen LogP) is 5.37. The molecule has 0 N–H and O–H groups in total. The largest absolute Gasteiger partial charge is 0.473 e. The molecule has 0 radical (unpaired) electrons. The fraction of sp³-hybridized carbons (Fsp3) is 0.217. The molecule has 0 amide bonds. The average molecular weight is 329 g/mol. The monoisotopic (exact) mass is 329 g/mol. The van der Waals surface area contributed by atoms with Crippen LogP contribution in [-0.2, 0) is 12.0 Å². The standard InChI is InChI=1S/C23H23NO/c1-23(2,19-9-5-3-6-10-19)20-13-14-22-18(15-20)16-24(17-25-22)21-11-7-4-8-12-21/h3-15H,16-17H2,1-2H3. The maximum Gasteiger partial charge on any atom is 0.161 e. The van der Waals surface area contributed by atoms with E-state index in [-0.39, 0.29) is 5.41 Å². The van der Waals surface area contributed by atoms with Gasteiger partial charge < -0.3 is 9.64 Å². The Morgan fingerprint density at radius 1 is 0.800 bits per heavy atom. The lowest BCUT2D eigenvalue weighted by Crippen LogP contribution is -2.32. The van der Waals surface area contributed by atoms with Crippen molar-refractivity contribution in [1.29, 1.82) is 0 Å². The molecular weight excluding hydrogens is 306 g/mol. The second-order valence-corrected chi connectivity index (χ2v) is 7.12. The fourth-order valence-corrected chi connectivity index (χ4v) is 3.46. The van der Waals surface area contributed by atoms with Crippen molar-refractivity contribution in [2.45, 2.75) is 25.8 Å². The molecule has 126 valence electrons. The number of nitrogens with zero attached hydrogens (tertiary/aromatic N) is 1. The van der Waals surface area contributed by atoms with E-state index in [9.17, 15) is 0 Å². The molecule has 0 aromatic heterocycles. The van der Waals surface area contributed by atoms with Gasteiger partial charge in [-0.25, -0.2) is 0 Å². The first kappa shape index (κ1) is 15.8. The van der Waals surface area contributed by atoms with Crippen molar-refractivity contribution >= 4 is 5.69 Å². The number of hydrogen-bond acceptors (Lipinski definition) is 2. The van der Waals surface area contributed by atoms with Crippen LogP contribution in [0.25, 0.3) is 0 Å². The Morgan fingerprint density at radius 2 is 1.48 bits per heavy atom. The zero-order chi connectivity index (χ0) is 17.3. The molecule has 0 atom stereocenters. The van der Waals surface area contributed by atoms with Crippen LogP contribution in [0.4, 0.5) is 5.69 Å². The summed E-state index contributed by atoms with van der Waals surface area (Å²) in [5.41, 5.74) is 5.05. The predicted molar refractivity (Wildman–Crippen MR) is 103 cm³/mol. The van der Waals surface area contributed by atoms with Crippen molar-refractivity contribution in [2.75, 3.05) is 11.6 Å². The van der Waals surface area contributed by atoms with Gasteiger partial charge in [0.1, 0.15) is 5.75 Å². The smallest absolute Gasteiger partial charge is 0.161 e. The molecule has 0 spiro atoms. The second kappa shape index (κ2) is 6.29. The highest BCUT2D eigenvalue weighted by Crippen LogP contribution is 2.36. The quantitative estimate of drug-likeness (QED) is 0.640. The van der Waals surface area contributed by atoms with Crippen molar-refractivity contribution in [2.24, 2.45) is 0 Å². The first-order valence-electron chi connectivity index (χ1n) is 8.76. The van der Waals surface area contributed by atoms with Crippen molar-refractivity contribution < 1.29 is 4.74 Å². The Hall–Kier alpha value is -2.74. The van der Waals surface area contributed by atoms with Crippen LogP contribution in [0.3, 0.4) is 0 Å². The van der Waals surface area contributed by atoms with Crippen molar-refractivity contribution in [3.05, 3.63) is 95.6 Å². The molecule has 1 aliphatic rings. The lowest BCUT2D eigenvalue weighted by atomic mass is 9.77. The number of ether oxygens (including phenoxy) is 1. The lowest BCUT2D eigenvalue weighted by Gasteiger charge is -2.33. The molecule has 1 aliphatic heterocycles. The van der Waals surface area contributed by atoms with Crippen LogP contribution in [0.15, 0.2) is 78.9 Å². The minimum Gasteiger partial charge on any atom is -0.473 e. The normalized spacial score (nSPS) is 13.9. The summed E-state index contributed by atoms with van der Waals surface area (Å²) < 4.78 is 5.99. The molecule has 0 saturated heterocycles. The molecule has 25 heavy (non-hydrogen) atoms. The van der Waals surface area contributed by atoms with E-state index in [4.69, 9.17) is 4.74 Å². The summed E-state index contributed by atoms with van der Waals surface area (Å²) in [5.74, 6) is 1.000. The van der Waals surface area contributed by atoms with E-state index in [1.165, 1.54) is 22.4 Å². The molecule has 2 heteroatoms. The summed E-state index contributed by atoms with van der Waals surface area (Å²) in [7, 11) is 0. The first-order chi connectivity index (χ1) is 12.1. The van der Waals surface area contributed by atoms with E-state index in [0.717, 1.165) is 12.3 Å². The number of benzene rings is 3. The highest BCUT2D eigenvalue weighted by atomic mass is 16.5. The minimum absolute atomic E-state index is 0.0364. The third kappa shape index (κ3) is 3.00. The van der Waals surface area contributed by atoms with Crippen LogP contribution in [0.1, 0.15) is 30.5 Å². The van der Waals surface area contributed by atoms with Crippen LogP contribution in [0.2, 0.25) is 0 Å². The maximum absolute atomic E-state index is 5.99. The van der Waals surface area contributed by atoms with Gasteiger partial charge in [-0.1, -0.05) is 68.4 Å². The van der Waals surface area contributed by atoms with E-state index in [0.29, 0.717) is 6.73 Å². The number of hydrogen-bond donors (Lipinski definition) is 0. The van der Waals surface area contributed by atoms with Crippen LogP contribution >= 0.6 is 0 Å². The molecule has 0 unspecified atom stereocenters. The van der Waals surface area contributed by atoms with Gasteiger partial charge in [0, 0.05) is 23.2 Å². The molecule has 0 bridgehead atoms. The van der Waals surface area contributed by atoms with Gasteiger partial charge in [-0.3, -0.25) is 0 Å². The van der Waals surface area contributed by atoms with Crippen molar-refractivity contribution in [3.8, 4) is 5.75 Å². The van der Waals surface area contributed by atoms with Gasteiger partial charge >= 0.3 is 0 Å². The van der Waals surface area contributed by atoms with Crippen molar-refractivity contribution in [3.63, 3.8) is 0 Å². The zero-order valence-electron chi connectivity index (χ0n) is 14.8. The Balaban J connectivity index is 1.66. The Bertz CT molecular complexity index is 856. The summed E-state index contributed by atoms with van der Waals surface area (Å²) in [5, 5.41) is 0. The van der Waals surface area contributed by atoms with Crippen LogP contribution in [0, 0.1) is 0 Å². The van der Waals surface area contributed by atoms with Gasteiger partial charge in [-0.15, -0.1) is 0 Å². The third-order valence-electron chi connectivity index (χ3n) is 5.14. The molecule has 0 fully saturated rings. The molecular formula is C23H23NO. The van der Waals surface area contributed by atoms with E-state index >= 15 is 0 Å². The fourth-order valence-electron chi connectivity index (χ4n) is 3.46. The van der Waals surface area contributed by atoms with Gasteiger partial charge in [0.25, 0.3) is 0 Å². The Morgan fingerprint density at radius 3 is 2.20 bits per heavy atom. The Kier molecular flexibility index (Phi) is 3.96. The molecule has 2 nitrogen and oxygen atoms in total. The molecule has 4 rings (SSSR count).